The van der Waals surface area contributed by atoms with Crippen LogP contribution in [0.5, 0.6) is 0 Å². The van der Waals surface area contributed by atoms with E-state index < -0.39 is 0 Å². The van der Waals surface area contributed by atoms with Crippen LogP contribution >= 0.6 is 0 Å². The molecule has 2 N–H and O–H groups in total. The van der Waals surface area contributed by atoms with Crippen LogP contribution in [0.15, 0.2) is 76.1 Å². The van der Waals surface area contributed by atoms with Crippen molar-refractivity contribution < 1.29 is 8.91 Å². The molecule has 0 fully saturated rings. The number of hydrogen-bond donors (Lipinski definition) is 1. The highest BCUT2D eigenvalue weighted by molar-refractivity contribution is 5.69. The molecular weight excluding hydrogens is 411 g/mol. The zero-order valence-electron chi connectivity index (χ0n) is 17.8. The first-order valence-corrected chi connectivity index (χ1v) is 10.2. The molecule has 4 aromatic rings. The van der Waals surface area contributed by atoms with Gasteiger partial charge < -0.3 is 10.3 Å². The van der Waals surface area contributed by atoms with Crippen LogP contribution in [0, 0.1) is 0 Å². The number of benzene rings is 2. The predicted octanol–water partition coefficient (Wildman–Crippen LogP) is 3.69. The van der Waals surface area contributed by atoms with Gasteiger partial charge in [-0.05, 0) is 28.8 Å². The van der Waals surface area contributed by atoms with Gasteiger partial charge >= 0.3 is 5.69 Å². The van der Waals surface area contributed by atoms with Crippen LogP contribution in [0.4, 0.5) is 4.39 Å². The van der Waals surface area contributed by atoms with Crippen LogP contribution < -0.4 is 11.4 Å². The maximum atomic E-state index is 12.8. The Morgan fingerprint density at radius 1 is 1.16 bits per heavy atom. The van der Waals surface area contributed by atoms with Gasteiger partial charge in [-0.15, -0.1) is 0 Å². The lowest BCUT2D eigenvalue weighted by atomic mass is 10.0. The Labute approximate surface area is 183 Å². The summed E-state index contributed by atoms with van der Waals surface area (Å²) in [7, 11) is 0. The van der Waals surface area contributed by atoms with Crippen LogP contribution in [0.25, 0.3) is 28.2 Å². The average molecular weight is 434 g/mol. The smallest absolute Gasteiger partial charge is 0.339 e. The van der Waals surface area contributed by atoms with E-state index in [1.54, 1.807) is 0 Å². The van der Waals surface area contributed by atoms with E-state index in [9.17, 15) is 9.18 Å². The van der Waals surface area contributed by atoms with Crippen molar-refractivity contribution in [2.45, 2.75) is 26.3 Å². The average Bonchev–Trinajstić information content (AvgIpc) is 3.45. The third-order valence-electron chi connectivity index (χ3n) is 5.04. The Hall–Kier alpha value is -3.85. The standard InChI is InChI=1S/C23H23FN6O2/c1-15(2)22-27-21(28-32-22)18-8-6-17(7-9-18)19-4-3-5-20(10-19)29-14-26-30(23(29)31)13-16(11-24)12-25/h3-11,14-15H,12-13,25H2,1-2H3/b16-11+. The molecule has 9 heteroatoms. The van der Waals surface area contributed by atoms with Crippen molar-refractivity contribution >= 4 is 0 Å². The lowest BCUT2D eigenvalue weighted by Crippen LogP contribution is -2.25. The predicted molar refractivity (Wildman–Crippen MR) is 119 cm³/mol. The molecule has 2 aromatic carbocycles. The van der Waals surface area contributed by atoms with Gasteiger partial charge in [0, 0.05) is 18.0 Å². The van der Waals surface area contributed by atoms with E-state index >= 15 is 0 Å². The van der Waals surface area contributed by atoms with Crippen molar-refractivity contribution in [1.29, 1.82) is 0 Å². The molecule has 0 saturated carbocycles. The zero-order valence-corrected chi connectivity index (χ0v) is 17.8. The number of aromatic nitrogens is 5. The molecule has 4 rings (SSSR count). The van der Waals surface area contributed by atoms with Crippen molar-refractivity contribution in [3.63, 3.8) is 0 Å². The van der Waals surface area contributed by atoms with Crippen molar-refractivity contribution in [2.24, 2.45) is 5.73 Å². The molecule has 0 atom stereocenters. The molecule has 0 saturated heterocycles. The molecule has 2 aromatic heterocycles. The van der Waals surface area contributed by atoms with Crippen molar-refractivity contribution in [2.75, 3.05) is 6.54 Å². The van der Waals surface area contributed by atoms with Crippen LogP contribution in [0.3, 0.4) is 0 Å². The number of nitrogens with two attached hydrogens (primary N) is 1. The Bertz CT molecular complexity index is 1300. The Morgan fingerprint density at radius 2 is 1.91 bits per heavy atom. The fourth-order valence-corrected chi connectivity index (χ4v) is 3.19. The highest BCUT2D eigenvalue weighted by Gasteiger charge is 2.12. The summed E-state index contributed by atoms with van der Waals surface area (Å²) >= 11 is 0. The van der Waals surface area contributed by atoms with Crippen LogP contribution in [-0.4, -0.2) is 31.0 Å². The summed E-state index contributed by atoms with van der Waals surface area (Å²) in [5.41, 5.74) is 8.79. The van der Waals surface area contributed by atoms with E-state index in [0.717, 1.165) is 16.7 Å². The monoisotopic (exact) mass is 434 g/mol. The maximum absolute atomic E-state index is 12.8. The first kappa shape index (κ1) is 21.4. The second kappa shape index (κ2) is 9.11. The van der Waals surface area contributed by atoms with Crippen LogP contribution in [0.1, 0.15) is 25.7 Å². The summed E-state index contributed by atoms with van der Waals surface area (Å²) in [4.78, 5) is 17.1. The van der Waals surface area contributed by atoms with Gasteiger partial charge in [0.15, 0.2) is 0 Å². The Morgan fingerprint density at radius 3 is 2.56 bits per heavy atom. The van der Waals surface area contributed by atoms with E-state index in [4.69, 9.17) is 10.3 Å². The van der Waals surface area contributed by atoms with Gasteiger partial charge in [-0.3, -0.25) is 0 Å². The van der Waals surface area contributed by atoms with E-state index in [-0.39, 0.29) is 30.3 Å². The highest BCUT2D eigenvalue weighted by Crippen LogP contribution is 2.25. The number of halogens is 1. The maximum Gasteiger partial charge on any atom is 0.350 e. The second-order valence-electron chi connectivity index (χ2n) is 7.65. The number of rotatable bonds is 7. The topological polar surface area (TPSA) is 105 Å². The van der Waals surface area contributed by atoms with Crippen LogP contribution in [-0.2, 0) is 6.54 Å². The summed E-state index contributed by atoms with van der Waals surface area (Å²) in [6, 6.07) is 15.3. The normalized spacial score (nSPS) is 12.0. The summed E-state index contributed by atoms with van der Waals surface area (Å²) in [5, 5.41) is 8.11. The van der Waals surface area contributed by atoms with Crippen molar-refractivity contribution in [1.82, 2.24) is 24.5 Å². The summed E-state index contributed by atoms with van der Waals surface area (Å²) in [6.07, 6.45) is 1.83. The van der Waals surface area contributed by atoms with Gasteiger partial charge in [-0.2, -0.15) is 10.1 Å². The molecule has 0 unspecified atom stereocenters. The van der Waals surface area contributed by atoms with Gasteiger partial charge in [0.25, 0.3) is 0 Å². The minimum Gasteiger partial charge on any atom is -0.339 e. The molecule has 8 nitrogen and oxygen atoms in total. The van der Waals surface area contributed by atoms with Gasteiger partial charge in [0.1, 0.15) is 6.33 Å². The molecule has 0 bridgehead atoms. The van der Waals surface area contributed by atoms with Gasteiger partial charge in [0.2, 0.25) is 11.7 Å². The second-order valence-corrected chi connectivity index (χ2v) is 7.65. The minimum atomic E-state index is -0.372. The first-order valence-electron chi connectivity index (χ1n) is 10.2. The van der Waals surface area contributed by atoms with E-state index in [1.165, 1.54) is 15.6 Å². The molecular formula is C23H23FN6O2. The lowest BCUT2D eigenvalue weighted by Gasteiger charge is -2.06. The molecule has 32 heavy (non-hydrogen) atoms. The number of nitrogens with zero attached hydrogens (tertiary/aromatic N) is 5. The van der Waals surface area contributed by atoms with Gasteiger partial charge in [-0.1, -0.05) is 55.4 Å². The molecule has 164 valence electrons. The molecule has 0 aliphatic heterocycles. The summed E-state index contributed by atoms with van der Waals surface area (Å²) in [5.74, 6) is 1.32. The molecule has 2 heterocycles. The van der Waals surface area contributed by atoms with E-state index in [0.29, 0.717) is 23.7 Å². The largest absolute Gasteiger partial charge is 0.350 e. The van der Waals surface area contributed by atoms with Gasteiger partial charge in [0.05, 0.1) is 18.6 Å². The molecule has 0 spiro atoms. The Kier molecular flexibility index (Phi) is 6.09. The third kappa shape index (κ3) is 4.28. The first-order chi connectivity index (χ1) is 15.5. The fraction of sp³-hybridized carbons (Fsp3) is 0.217. The molecule has 0 radical (unpaired) electrons. The van der Waals surface area contributed by atoms with Crippen molar-refractivity contribution in [3.05, 3.63) is 83.1 Å². The van der Waals surface area contributed by atoms with Gasteiger partial charge in [-0.25, -0.2) is 18.4 Å². The summed E-state index contributed by atoms with van der Waals surface area (Å²) < 4.78 is 20.7. The van der Waals surface area contributed by atoms with Crippen molar-refractivity contribution in [3.8, 4) is 28.2 Å². The Balaban J connectivity index is 1.60. The highest BCUT2D eigenvalue weighted by atomic mass is 19.1. The third-order valence-corrected chi connectivity index (χ3v) is 5.04. The minimum absolute atomic E-state index is 0.00852. The van der Waals surface area contributed by atoms with Crippen LogP contribution in [0.2, 0.25) is 0 Å². The number of hydrogen-bond acceptors (Lipinski definition) is 6. The lowest BCUT2D eigenvalue weighted by molar-refractivity contribution is 0.365. The molecule has 0 aliphatic rings. The SMILES string of the molecule is CC(C)c1nc(-c2ccc(-c3cccc(-n4cnn(C/C(=C/F)CN)c4=O)c3)cc2)no1. The zero-order chi connectivity index (χ0) is 22.7. The quantitative estimate of drug-likeness (QED) is 0.476. The molecule has 0 aliphatic carbocycles. The summed E-state index contributed by atoms with van der Waals surface area (Å²) in [6.45, 7) is 4.02. The fourth-order valence-electron chi connectivity index (χ4n) is 3.19. The van der Waals surface area contributed by atoms with E-state index in [2.05, 4.69) is 15.2 Å². The van der Waals surface area contributed by atoms with E-state index in [1.807, 2.05) is 62.4 Å². The molecule has 0 amide bonds.